The second-order valence-electron chi connectivity index (χ2n) is 6.59. The van der Waals surface area contributed by atoms with Gasteiger partial charge in [0.15, 0.2) is 11.7 Å². The summed E-state index contributed by atoms with van der Waals surface area (Å²) >= 11 is 11.0. The zero-order valence-corrected chi connectivity index (χ0v) is 19.1. The summed E-state index contributed by atoms with van der Waals surface area (Å²) in [5.74, 6) is -0.833. The van der Waals surface area contributed by atoms with Crippen molar-refractivity contribution < 1.29 is 23.9 Å². The lowest BCUT2D eigenvalue weighted by Crippen LogP contribution is -2.49. The van der Waals surface area contributed by atoms with E-state index >= 15 is 0 Å². The number of hydrazine groups is 1. The van der Waals surface area contributed by atoms with Gasteiger partial charge in [0, 0.05) is 11.4 Å². The van der Waals surface area contributed by atoms with Crippen molar-refractivity contribution >= 4 is 46.7 Å². The van der Waals surface area contributed by atoms with Crippen LogP contribution in [-0.4, -0.2) is 36.1 Å². The van der Waals surface area contributed by atoms with E-state index in [4.69, 9.17) is 33.3 Å². The highest BCUT2D eigenvalue weighted by atomic mass is 35.5. The van der Waals surface area contributed by atoms with Gasteiger partial charge in [-0.15, -0.1) is 0 Å². The van der Waals surface area contributed by atoms with Crippen molar-refractivity contribution in [2.75, 3.05) is 13.2 Å². The van der Waals surface area contributed by atoms with Crippen molar-refractivity contribution in [1.29, 1.82) is 0 Å². The van der Waals surface area contributed by atoms with Crippen LogP contribution in [-0.2, 0) is 20.7 Å². The van der Waals surface area contributed by atoms with E-state index in [1.54, 1.807) is 30.3 Å². The Balaban J connectivity index is 1.65. The van der Waals surface area contributed by atoms with Crippen LogP contribution in [0.2, 0.25) is 5.02 Å². The van der Waals surface area contributed by atoms with E-state index in [0.29, 0.717) is 29.4 Å². The average Bonchev–Trinajstić information content (AvgIpc) is 2.79. The summed E-state index contributed by atoms with van der Waals surface area (Å²) in [6.45, 7) is 1.97. The lowest BCUT2D eigenvalue weighted by atomic mass is 10.1. The normalized spacial score (nSPS) is 10.1. The molecule has 2 rings (SSSR count). The quantitative estimate of drug-likeness (QED) is 0.289. The van der Waals surface area contributed by atoms with Crippen LogP contribution in [0, 0.1) is 0 Å². The Hall–Kier alpha value is -3.17. The lowest BCUT2D eigenvalue weighted by Gasteiger charge is -2.12. The van der Waals surface area contributed by atoms with Crippen molar-refractivity contribution in [2.45, 2.75) is 26.2 Å². The van der Waals surface area contributed by atoms with Crippen molar-refractivity contribution in [3.8, 4) is 5.75 Å². The number of thiocarbonyl (C=S) groups is 1. The molecule has 10 heteroatoms. The summed E-state index contributed by atoms with van der Waals surface area (Å²) in [6, 6.07) is 13.5. The maximum absolute atomic E-state index is 12.0. The highest BCUT2D eigenvalue weighted by molar-refractivity contribution is 7.80. The second-order valence-corrected chi connectivity index (χ2v) is 7.41. The molecule has 0 bridgehead atoms. The molecule has 170 valence electrons. The molecule has 0 heterocycles. The molecule has 0 atom stereocenters. The number of hydrogen-bond donors (Lipinski definition) is 3. The molecule has 2 aromatic rings. The minimum absolute atomic E-state index is 0.0440. The zero-order chi connectivity index (χ0) is 23.3. The fourth-order valence-corrected chi connectivity index (χ4v) is 2.84. The highest BCUT2D eigenvalue weighted by Crippen LogP contribution is 2.16. The van der Waals surface area contributed by atoms with Gasteiger partial charge >= 0.3 is 5.97 Å². The highest BCUT2D eigenvalue weighted by Gasteiger charge is 2.10. The molecule has 0 spiro atoms. The molecular formula is C22H24ClN3O5S. The predicted octanol–water partition coefficient (Wildman–Crippen LogP) is 2.94. The van der Waals surface area contributed by atoms with Crippen LogP contribution in [0.25, 0.3) is 0 Å². The number of hydrogen-bond acceptors (Lipinski definition) is 6. The van der Waals surface area contributed by atoms with Crippen LogP contribution in [0.4, 0.5) is 0 Å². The van der Waals surface area contributed by atoms with Gasteiger partial charge in [-0.3, -0.25) is 20.4 Å². The molecule has 0 aliphatic carbocycles. The third-order valence-corrected chi connectivity index (χ3v) is 4.62. The molecule has 2 aromatic carbocycles. The summed E-state index contributed by atoms with van der Waals surface area (Å²) in [5, 5.41) is 3.02. The molecular weight excluding hydrogens is 454 g/mol. The second kappa shape index (κ2) is 13.3. The Bertz CT molecular complexity index is 953. The Morgan fingerprint density at radius 2 is 1.72 bits per heavy atom. The van der Waals surface area contributed by atoms with Crippen molar-refractivity contribution in [2.24, 2.45) is 0 Å². The molecule has 0 saturated carbocycles. The topological polar surface area (TPSA) is 106 Å². The van der Waals surface area contributed by atoms with Crippen LogP contribution >= 0.6 is 23.8 Å². The molecule has 0 fully saturated rings. The number of ether oxygens (including phenoxy) is 2. The molecule has 3 N–H and O–H groups in total. The first-order chi connectivity index (χ1) is 15.4. The van der Waals surface area contributed by atoms with E-state index < -0.39 is 11.9 Å². The van der Waals surface area contributed by atoms with Crippen LogP contribution < -0.4 is 20.9 Å². The Morgan fingerprint density at radius 3 is 2.41 bits per heavy atom. The molecule has 8 nitrogen and oxygen atoms in total. The number of rotatable bonds is 9. The Kier molecular flexibility index (Phi) is 10.4. The van der Waals surface area contributed by atoms with Crippen LogP contribution in [0.3, 0.4) is 0 Å². The number of carbonyl (C=O) groups excluding carboxylic acids is 3. The number of aryl methyl sites for hydroxylation is 1. The van der Waals surface area contributed by atoms with Crippen LogP contribution in [0.5, 0.6) is 5.75 Å². The summed E-state index contributed by atoms with van der Waals surface area (Å²) in [5.41, 5.74) is 6.02. The minimum Gasteiger partial charge on any atom is -0.484 e. The molecule has 0 saturated heterocycles. The SMILES string of the molecule is CCCOC(=O)c1ccc(OCC(=O)NNC(=S)NC(=O)CCc2ccccc2Cl)cc1. The standard InChI is InChI=1S/C22H24ClN3O5S/c1-2-13-30-21(29)16-7-10-17(11-8-16)31-14-20(28)25-26-22(32)24-19(27)12-9-15-5-3-4-6-18(15)23/h3-8,10-11H,2,9,12-14H2,1H3,(H,25,28)(H2,24,26,27,32). The van der Waals surface area contributed by atoms with Gasteiger partial charge in [0.2, 0.25) is 5.91 Å². The maximum Gasteiger partial charge on any atom is 0.338 e. The van der Waals surface area contributed by atoms with Gasteiger partial charge < -0.3 is 14.8 Å². The van der Waals surface area contributed by atoms with Crippen molar-refractivity contribution in [3.05, 3.63) is 64.7 Å². The molecule has 0 radical (unpaired) electrons. The van der Waals surface area contributed by atoms with E-state index in [2.05, 4.69) is 16.2 Å². The number of halogens is 1. The molecule has 32 heavy (non-hydrogen) atoms. The van der Waals surface area contributed by atoms with Crippen molar-refractivity contribution in [3.63, 3.8) is 0 Å². The molecule has 0 aliphatic rings. The lowest BCUT2D eigenvalue weighted by molar-refractivity contribution is -0.124. The molecule has 0 unspecified atom stereocenters. The average molecular weight is 478 g/mol. The van der Waals surface area contributed by atoms with Gasteiger partial charge in [0.05, 0.1) is 12.2 Å². The van der Waals surface area contributed by atoms with E-state index in [-0.39, 0.29) is 24.0 Å². The summed E-state index contributed by atoms with van der Waals surface area (Å²) in [4.78, 5) is 35.6. The van der Waals surface area contributed by atoms with Crippen molar-refractivity contribution in [1.82, 2.24) is 16.2 Å². The maximum atomic E-state index is 12.0. The summed E-state index contributed by atoms with van der Waals surface area (Å²) < 4.78 is 10.4. The molecule has 0 aliphatic heterocycles. The van der Waals surface area contributed by atoms with Gasteiger partial charge in [-0.25, -0.2) is 4.79 Å². The number of carbonyl (C=O) groups is 3. The zero-order valence-electron chi connectivity index (χ0n) is 17.5. The first-order valence-corrected chi connectivity index (χ1v) is 10.7. The summed E-state index contributed by atoms with van der Waals surface area (Å²) in [6.07, 6.45) is 1.39. The van der Waals surface area contributed by atoms with E-state index in [1.807, 2.05) is 25.1 Å². The van der Waals surface area contributed by atoms with Gasteiger partial charge in [0.1, 0.15) is 5.75 Å². The predicted molar refractivity (Wildman–Crippen MR) is 124 cm³/mol. The smallest absolute Gasteiger partial charge is 0.338 e. The summed E-state index contributed by atoms with van der Waals surface area (Å²) in [7, 11) is 0. The first kappa shape index (κ1) is 25.1. The van der Waals surface area contributed by atoms with Crippen LogP contribution in [0.1, 0.15) is 35.7 Å². The third-order valence-electron chi connectivity index (χ3n) is 4.04. The van der Waals surface area contributed by atoms with Gasteiger partial charge in [0.25, 0.3) is 5.91 Å². The number of benzene rings is 2. The molecule has 0 aromatic heterocycles. The third kappa shape index (κ3) is 8.91. The fourth-order valence-electron chi connectivity index (χ4n) is 2.45. The monoisotopic (exact) mass is 477 g/mol. The van der Waals surface area contributed by atoms with E-state index in [9.17, 15) is 14.4 Å². The van der Waals surface area contributed by atoms with Crippen LogP contribution in [0.15, 0.2) is 48.5 Å². The number of amides is 2. The minimum atomic E-state index is -0.510. The Morgan fingerprint density at radius 1 is 1.00 bits per heavy atom. The molecule has 2 amide bonds. The Labute approximate surface area is 196 Å². The van der Waals surface area contributed by atoms with Gasteiger partial charge in [-0.05, 0) is 61.0 Å². The largest absolute Gasteiger partial charge is 0.484 e. The van der Waals surface area contributed by atoms with E-state index in [0.717, 1.165) is 12.0 Å². The fraction of sp³-hybridized carbons (Fsp3) is 0.273. The number of esters is 1. The van der Waals surface area contributed by atoms with Gasteiger partial charge in [-0.1, -0.05) is 36.7 Å². The first-order valence-electron chi connectivity index (χ1n) is 9.91. The van der Waals surface area contributed by atoms with Gasteiger partial charge in [-0.2, -0.15) is 0 Å². The van der Waals surface area contributed by atoms with E-state index in [1.165, 1.54) is 0 Å². The number of nitrogens with one attached hydrogen (secondary N) is 3.